The third kappa shape index (κ3) is 2.91. The number of benzene rings is 1. The number of fused-ring (bicyclic) bond motifs is 1. The van der Waals surface area contributed by atoms with Gasteiger partial charge in [0, 0.05) is 16.5 Å². The van der Waals surface area contributed by atoms with E-state index in [1.165, 1.54) is 0 Å². The van der Waals surface area contributed by atoms with E-state index >= 15 is 0 Å². The van der Waals surface area contributed by atoms with Crippen LogP contribution >= 0.6 is 11.3 Å². The zero-order chi connectivity index (χ0) is 16.7. The van der Waals surface area contributed by atoms with Crippen LogP contribution in [0.15, 0.2) is 35.7 Å². The number of amides is 1. The number of nitrogens with one attached hydrogen (secondary N) is 1. The summed E-state index contributed by atoms with van der Waals surface area (Å²) in [5.74, 6) is -0.437. The Hall–Kier alpha value is -2.28. The van der Waals surface area contributed by atoms with Gasteiger partial charge in [0.05, 0.1) is 17.6 Å². The summed E-state index contributed by atoms with van der Waals surface area (Å²) in [4.78, 5) is 22.3. The van der Waals surface area contributed by atoms with E-state index in [-0.39, 0.29) is 17.8 Å². The quantitative estimate of drug-likeness (QED) is 0.745. The normalized spacial score (nSPS) is 14.5. The number of carbonyl (C=O) groups is 1. The van der Waals surface area contributed by atoms with E-state index in [0.717, 1.165) is 17.7 Å². The Bertz CT molecular complexity index is 871. The molecule has 1 aliphatic carbocycles. The van der Waals surface area contributed by atoms with Gasteiger partial charge in [-0.3, -0.25) is 4.79 Å². The standard InChI is InChI=1S/C17H15F2N3OS/c18-15(19)16-20-13-6-3-10(8-14(13)21-16)17(23)22(11-4-5-11)9-12-2-1-7-24-12/h1-3,6-8,11,15H,4-5,9H2,(H,20,21). The maximum absolute atomic E-state index is 12.9. The maximum atomic E-state index is 12.9. The number of halogens is 2. The molecule has 1 amide bonds. The maximum Gasteiger partial charge on any atom is 0.295 e. The van der Waals surface area contributed by atoms with Gasteiger partial charge in [0.15, 0.2) is 5.82 Å². The lowest BCUT2D eigenvalue weighted by Crippen LogP contribution is -2.32. The Kier molecular flexibility index (Phi) is 3.80. The van der Waals surface area contributed by atoms with Crippen molar-refractivity contribution < 1.29 is 13.6 Å². The molecule has 3 aromatic rings. The highest BCUT2D eigenvalue weighted by molar-refractivity contribution is 7.09. The first kappa shape index (κ1) is 15.3. The number of carbonyl (C=O) groups excluding carboxylic acids is 1. The smallest absolute Gasteiger partial charge is 0.295 e. The number of nitrogens with zero attached hydrogens (tertiary/aromatic N) is 2. The van der Waals surface area contributed by atoms with E-state index in [0.29, 0.717) is 23.1 Å². The molecule has 0 radical (unpaired) electrons. The van der Waals surface area contributed by atoms with E-state index in [1.807, 2.05) is 22.4 Å². The molecule has 124 valence electrons. The van der Waals surface area contributed by atoms with Gasteiger partial charge in [0.25, 0.3) is 12.3 Å². The molecule has 4 rings (SSSR count). The molecule has 1 aromatic carbocycles. The van der Waals surface area contributed by atoms with Crippen molar-refractivity contribution in [3.8, 4) is 0 Å². The Morgan fingerprint density at radius 3 is 2.88 bits per heavy atom. The van der Waals surface area contributed by atoms with Crippen molar-refractivity contribution in [1.29, 1.82) is 0 Å². The molecular weight excluding hydrogens is 332 g/mol. The van der Waals surface area contributed by atoms with Crippen LogP contribution in [-0.2, 0) is 6.54 Å². The molecule has 24 heavy (non-hydrogen) atoms. The first-order valence-corrected chi connectivity index (χ1v) is 8.61. The summed E-state index contributed by atoms with van der Waals surface area (Å²) in [5.41, 5.74) is 1.40. The third-order valence-corrected chi connectivity index (χ3v) is 4.97. The zero-order valence-corrected chi connectivity index (χ0v) is 13.5. The van der Waals surface area contributed by atoms with Gasteiger partial charge >= 0.3 is 0 Å². The second kappa shape index (κ2) is 5.98. The molecule has 0 aliphatic heterocycles. The lowest BCUT2D eigenvalue weighted by atomic mass is 10.1. The monoisotopic (exact) mass is 347 g/mol. The number of hydrogen-bond donors (Lipinski definition) is 1. The average Bonchev–Trinajstić information content (AvgIpc) is 3.11. The van der Waals surface area contributed by atoms with E-state index in [9.17, 15) is 13.6 Å². The second-order valence-electron chi connectivity index (χ2n) is 5.90. The number of aromatic amines is 1. The van der Waals surface area contributed by atoms with Crippen LogP contribution in [0.4, 0.5) is 8.78 Å². The summed E-state index contributed by atoms with van der Waals surface area (Å²) in [6, 6.07) is 9.14. The van der Waals surface area contributed by atoms with Gasteiger partial charge in [0.1, 0.15) is 0 Å². The molecule has 1 fully saturated rings. The third-order valence-electron chi connectivity index (χ3n) is 4.11. The molecule has 0 atom stereocenters. The summed E-state index contributed by atoms with van der Waals surface area (Å²) in [5, 5.41) is 1.99. The fourth-order valence-electron chi connectivity index (χ4n) is 2.75. The highest BCUT2D eigenvalue weighted by Gasteiger charge is 2.33. The summed E-state index contributed by atoms with van der Waals surface area (Å²) in [6.07, 6.45) is -0.629. The SMILES string of the molecule is O=C(c1ccc2nc(C(F)F)[nH]c2c1)N(Cc1cccs1)C1CC1. The van der Waals surface area contributed by atoms with Gasteiger partial charge in [-0.15, -0.1) is 11.3 Å². The van der Waals surface area contributed by atoms with Gasteiger partial charge in [-0.25, -0.2) is 13.8 Å². The van der Waals surface area contributed by atoms with Crippen LogP contribution in [0.1, 0.15) is 40.3 Å². The van der Waals surface area contributed by atoms with Gasteiger partial charge in [-0.05, 0) is 42.5 Å². The molecule has 0 saturated heterocycles. The van der Waals surface area contributed by atoms with Crippen LogP contribution < -0.4 is 0 Å². The van der Waals surface area contributed by atoms with Crippen LogP contribution in [0.25, 0.3) is 11.0 Å². The average molecular weight is 347 g/mol. The molecule has 0 bridgehead atoms. The van der Waals surface area contributed by atoms with Crippen LogP contribution in [0.5, 0.6) is 0 Å². The summed E-state index contributed by atoms with van der Waals surface area (Å²) < 4.78 is 25.5. The number of aromatic nitrogens is 2. The minimum Gasteiger partial charge on any atom is -0.337 e. The molecule has 1 saturated carbocycles. The van der Waals surface area contributed by atoms with Crippen molar-refractivity contribution in [1.82, 2.24) is 14.9 Å². The molecular formula is C17H15F2N3OS. The van der Waals surface area contributed by atoms with Gasteiger partial charge < -0.3 is 9.88 Å². The lowest BCUT2D eigenvalue weighted by Gasteiger charge is -2.22. The van der Waals surface area contributed by atoms with Crippen molar-refractivity contribution in [2.75, 3.05) is 0 Å². The molecule has 2 aromatic heterocycles. The van der Waals surface area contributed by atoms with Crippen molar-refractivity contribution in [3.05, 3.63) is 52.0 Å². The van der Waals surface area contributed by atoms with E-state index in [4.69, 9.17) is 0 Å². The number of rotatable bonds is 5. The molecule has 0 spiro atoms. The molecule has 1 aliphatic rings. The van der Waals surface area contributed by atoms with Crippen molar-refractivity contribution in [3.63, 3.8) is 0 Å². The summed E-state index contributed by atoms with van der Waals surface area (Å²) in [7, 11) is 0. The van der Waals surface area contributed by atoms with Crippen LogP contribution in [-0.4, -0.2) is 26.8 Å². The van der Waals surface area contributed by atoms with Crippen molar-refractivity contribution in [2.24, 2.45) is 0 Å². The Morgan fingerprint density at radius 2 is 2.21 bits per heavy atom. The van der Waals surface area contributed by atoms with Crippen LogP contribution in [0.3, 0.4) is 0 Å². The Balaban J connectivity index is 1.63. The molecule has 2 heterocycles. The predicted molar refractivity (Wildman–Crippen MR) is 88.3 cm³/mol. The zero-order valence-electron chi connectivity index (χ0n) is 12.7. The fourth-order valence-corrected chi connectivity index (χ4v) is 3.46. The van der Waals surface area contributed by atoms with Crippen LogP contribution in [0, 0.1) is 0 Å². The number of thiophene rings is 1. The van der Waals surface area contributed by atoms with Crippen molar-refractivity contribution >= 4 is 28.3 Å². The topological polar surface area (TPSA) is 49.0 Å². The molecule has 4 nitrogen and oxygen atoms in total. The first-order valence-electron chi connectivity index (χ1n) is 7.73. The van der Waals surface area contributed by atoms with E-state index in [2.05, 4.69) is 9.97 Å². The van der Waals surface area contributed by atoms with Crippen molar-refractivity contribution in [2.45, 2.75) is 31.9 Å². The minimum atomic E-state index is -2.65. The number of alkyl halides is 2. The Labute approximate surface area is 141 Å². The van der Waals surface area contributed by atoms with Crippen LogP contribution in [0.2, 0.25) is 0 Å². The fraction of sp³-hybridized carbons (Fsp3) is 0.294. The molecule has 7 heteroatoms. The minimum absolute atomic E-state index is 0.0685. The summed E-state index contributed by atoms with van der Waals surface area (Å²) >= 11 is 1.62. The number of hydrogen-bond acceptors (Lipinski definition) is 3. The lowest BCUT2D eigenvalue weighted by molar-refractivity contribution is 0.0732. The molecule has 0 unspecified atom stereocenters. The highest BCUT2D eigenvalue weighted by Crippen LogP contribution is 2.31. The molecule has 1 N–H and O–H groups in total. The Morgan fingerprint density at radius 1 is 1.38 bits per heavy atom. The van der Waals surface area contributed by atoms with E-state index in [1.54, 1.807) is 29.5 Å². The van der Waals surface area contributed by atoms with E-state index < -0.39 is 6.43 Å². The largest absolute Gasteiger partial charge is 0.337 e. The van der Waals surface area contributed by atoms with Gasteiger partial charge in [-0.2, -0.15) is 0 Å². The number of H-pyrrole nitrogens is 1. The second-order valence-corrected chi connectivity index (χ2v) is 6.93. The number of imidazole rings is 1. The summed E-state index contributed by atoms with van der Waals surface area (Å²) in [6.45, 7) is 0.588. The highest BCUT2D eigenvalue weighted by atomic mass is 32.1. The van der Waals surface area contributed by atoms with Gasteiger partial charge in [-0.1, -0.05) is 6.07 Å². The predicted octanol–water partition coefficient (Wildman–Crippen LogP) is 4.37. The first-order chi connectivity index (χ1) is 11.6. The van der Waals surface area contributed by atoms with Gasteiger partial charge in [0.2, 0.25) is 0 Å².